The Bertz CT molecular complexity index is 635. The first kappa shape index (κ1) is 12.8. The van der Waals surface area contributed by atoms with Crippen molar-refractivity contribution in [1.82, 2.24) is 0 Å². The monoisotopic (exact) mass is 263 g/mol. The van der Waals surface area contributed by atoms with Crippen LogP contribution in [-0.2, 0) is 0 Å². The smallest absolute Gasteiger partial charge is 0.338 e. The molecular formula is C13H10FNO4. The van der Waals surface area contributed by atoms with Crippen molar-refractivity contribution in [2.24, 2.45) is 0 Å². The summed E-state index contributed by atoms with van der Waals surface area (Å²) in [7, 11) is 1.38. The van der Waals surface area contributed by atoms with Crippen LogP contribution >= 0.6 is 0 Å². The molecule has 5 nitrogen and oxygen atoms in total. The number of anilines is 1. The van der Waals surface area contributed by atoms with Gasteiger partial charge in [0.2, 0.25) is 0 Å². The first-order valence-electron chi connectivity index (χ1n) is 5.35. The number of rotatable bonds is 3. The molecule has 0 spiro atoms. The van der Waals surface area contributed by atoms with Crippen LogP contribution in [0.15, 0.2) is 41.0 Å². The molecule has 0 aliphatic carbocycles. The second-order valence-electron chi connectivity index (χ2n) is 3.82. The van der Waals surface area contributed by atoms with Gasteiger partial charge in [0.25, 0.3) is 5.91 Å². The van der Waals surface area contributed by atoms with Crippen molar-refractivity contribution in [2.75, 3.05) is 11.9 Å². The minimum atomic E-state index is -1.20. The largest absolute Gasteiger partial charge is 0.478 e. The molecule has 6 heteroatoms. The highest BCUT2D eigenvalue weighted by atomic mass is 19.1. The van der Waals surface area contributed by atoms with E-state index in [0.717, 1.165) is 17.2 Å². The lowest BCUT2D eigenvalue weighted by Crippen LogP contribution is -2.26. The molecule has 0 fully saturated rings. The Hall–Kier alpha value is -2.63. The lowest BCUT2D eigenvalue weighted by atomic mass is 10.2. The second kappa shape index (κ2) is 4.93. The summed E-state index contributed by atoms with van der Waals surface area (Å²) in [5.74, 6) is -2.54. The molecule has 1 aromatic heterocycles. The molecule has 1 amide bonds. The summed E-state index contributed by atoms with van der Waals surface area (Å²) >= 11 is 0. The number of hydrogen-bond acceptors (Lipinski definition) is 3. The number of furan rings is 1. The van der Waals surface area contributed by atoms with Crippen LogP contribution in [0.4, 0.5) is 10.1 Å². The number of carboxylic acid groups (broad SMARTS) is 1. The van der Waals surface area contributed by atoms with Crippen LogP contribution in [0.5, 0.6) is 0 Å². The van der Waals surface area contributed by atoms with E-state index in [1.54, 1.807) is 6.07 Å². The number of para-hydroxylation sites is 1. The van der Waals surface area contributed by atoms with Crippen molar-refractivity contribution < 1.29 is 23.5 Å². The number of carbonyl (C=O) groups excluding carboxylic acids is 1. The van der Waals surface area contributed by atoms with Crippen molar-refractivity contribution in [3.05, 3.63) is 53.7 Å². The number of carbonyl (C=O) groups is 2. The second-order valence-corrected chi connectivity index (χ2v) is 3.82. The molecule has 2 aromatic rings. The van der Waals surface area contributed by atoms with E-state index in [2.05, 4.69) is 0 Å². The highest BCUT2D eigenvalue weighted by molar-refractivity contribution is 6.05. The summed E-state index contributed by atoms with van der Waals surface area (Å²) in [5.41, 5.74) is -0.0499. The van der Waals surface area contributed by atoms with Gasteiger partial charge in [-0.05, 0) is 12.1 Å². The molecule has 98 valence electrons. The van der Waals surface area contributed by atoms with E-state index in [-0.39, 0.29) is 17.0 Å². The van der Waals surface area contributed by atoms with E-state index in [9.17, 15) is 14.0 Å². The van der Waals surface area contributed by atoms with Gasteiger partial charge in [-0.3, -0.25) is 4.79 Å². The van der Waals surface area contributed by atoms with Gasteiger partial charge in [0, 0.05) is 13.1 Å². The molecule has 1 N–H and O–H groups in total. The average molecular weight is 263 g/mol. The Morgan fingerprint density at radius 3 is 2.58 bits per heavy atom. The van der Waals surface area contributed by atoms with Crippen molar-refractivity contribution in [3.63, 3.8) is 0 Å². The van der Waals surface area contributed by atoms with Crippen LogP contribution in [0.3, 0.4) is 0 Å². The summed E-state index contributed by atoms with van der Waals surface area (Å²) in [6, 6.07) is 6.86. The Kier molecular flexibility index (Phi) is 3.33. The van der Waals surface area contributed by atoms with Crippen LogP contribution in [-0.4, -0.2) is 24.0 Å². The number of halogens is 1. The van der Waals surface area contributed by atoms with Gasteiger partial charge in [-0.15, -0.1) is 0 Å². The van der Waals surface area contributed by atoms with E-state index < -0.39 is 17.7 Å². The zero-order chi connectivity index (χ0) is 14.0. The lowest BCUT2D eigenvalue weighted by molar-refractivity contribution is 0.0696. The third kappa shape index (κ3) is 2.47. The van der Waals surface area contributed by atoms with Crippen LogP contribution in [0.1, 0.15) is 20.9 Å². The highest BCUT2D eigenvalue weighted by Crippen LogP contribution is 2.20. The van der Waals surface area contributed by atoms with Crippen LogP contribution in [0, 0.1) is 5.82 Å². The molecule has 0 saturated heterocycles. The van der Waals surface area contributed by atoms with Crippen molar-refractivity contribution in [2.45, 2.75) is 0 Å². The van der Waals surface area contributed by atoms with Crippen LogP contribution < -0.4 is 4.90 Å². The molecule has 19 heavy (non-hydrogen) atoms. The molecule has 0 saturated carbocycles. The third-order valence-corrected chi connectivity index (χ3v) is 2.58. The third-order valence-electron chi connectivity index (χ3n) is 2.58. The molecule has 0 atom stereocenters. The molecule has 1 heterocycles. The minimum Gasteiger partial charge on any atom is -0.478 e. The van der Waals surface area contributed by atoms with Crippen molar-refractivity contribution in [1.29, 1.82) is 0 Å². The zero-order valence-electron chi connectivity index (χ0n) is 9.96. The number of carboxylic acids is 1. The van der Waals surface area contributed by atoms with Gasteiger partial charge in [0.15, 0.2) is 5.76 Å². The van der Waals surface area contributed by atoms with Gasteiger partial charge in [-0.2, -0.15) is 0 Å². The van der Waals surface area contributed by atoms with Crippen molar-refractivity contribution >= 4 is 17.6 Å². The van der Waals surface area contributed by atoms with Gasteiger partial charge in [-0.25, -0.2) is 9.18 Å². The van der Waals surface area contributed by atoms with E-state index in [4.69, 9.17) is 9.52 Å². The molecule has 1 aromatic carbocycles. The summed E-state index contributed by atoms with van der Waals surface area (Å²) in [6.07, 6.45) is 0.963. The Morgan fingerprint density at radius 1 is 1.32 bits per heavy atom. The number of hydrogen-bond donors (Lipinski definition) is 1. The maximum absolute atomic E-state index is 13.5. The van der Waals surface area contributed by atoms with Crippen LogP contribution in [0.25, 0.3) is 0 Å². The fourth-order valence-electron chi connectivity index (χ4n) is 1.56. The predicted octanol–water partition coefficient (Wildman–Crippen LogP) is 2.39. The normalized spacial score (nSPS) is 10.2. The predicted molar refractivity (Wildman–Crippen MR) is 64.8 cm³/mol. The maximum atomic E-state index is 13.5. The topological polar surface area (TPSA) is 70.8 Å². The quantitative estimate of drug-likeness (QED) is 0.923. The number of amides is 1. The minimum absolute atomic E-state index is 0.0841. The molecule has 0 bridgehead atoms. The first-order chi connectivity index (χ1) is 9.00. The fraction of sp³-hybridized carbons (Fsp3) is 0.0769. The standard InChI is InChI=1S/C13H10FNO4/c1-15(10-5-3-2-4-9(10)14)12(16)11-6-8(7-19-11)13(17)18/h2-7H,1H3,(H,17,18). The number of aromatic carboxylic acids is 1. The SMILES string of the molecule is CN(C(=O)c1cc(C(=O)O)co1)c1ccccc1F. The molecule has 0 aliphatic heterocycles. The van der Waals surface area contributed by atoms with Gasteiger partial charge in [0.1, 0.15) is 12.1 Å². The van der Waals surface area contributed by atoms with Gasteiger partial charge >= 0.3 is 5.97 Å². The summed E-state index contributed by atoms with van der Waals surface area (Å²) < 4.78 is 18.4. The Morgan fingerprint density at radius 2 is 2.00 bits per heavy atom. The number of nitrogens with zero attached hydrogens (tertiary/aromatic N) is 1. The number of benzene rings is 1. The van der Waals surface area contributed by atoms with E-state index >= 15 is 0 Å². The summed E-state index contributed by atoms with van der Waals surface area (Å²) in [5, 5.41) is 8.73. The van der Waals surface area contributed by atoms with Crippen molar-refractivity contribution in [3.8, 4) is 0 Å². The fourth-order valence-corrected chi connectivity index (χ4v) is 1.56. The summed E-state index contributed by atoms with van der Waals surface area (Å²) in [4.78, 5) is 23.7. The van der Waals surface area contributed by atoms with Gasteiger partial charge < -0.3 is 14.4 Å². The van der Waals surface area contributed by atoms with E-state index in [1.807, 2.05) is 0 Å². The molecular weight excluding hydrogens is 253 g/mol. The van der Waals surface area contributed by atoms with E-state index in [0.29, 0.717) is 0 Å². The Balaban J connectivity index is 2.28. The van der Waals surface area contributed by atoms with Gasteiger partial charge in [0.05, 0.1) is 11.3 Å². The van der Waals surface area contributed by atoms with E-state index in [1.165, 1.54) is 25.2 Å². The molecule has 0 aliphatic rings. The Labute approximate surface area is 107 Å². The average Bonchev–Trinajstić information content (AvgIpc) is 2.87. The van der Waals surface area contributed by atoms with Gasteiger partial charge in [-0.1, -0.05) is 12.1 Å². The molecule has 2 rings (SSSR count). The zero-order valence-corrected chi connectivity index (χ0v) is 9.96. The summed E-state index contributed by atoms with van der Waals surface area (Å²) in [6.45, 7) is 0. The lowest BCUT2D eigenvalue weighted by Gasteiger charge is -2.16. The maximum Gasteiger partial charge on any atom is 0.338 e. The van der Waals surface area contributed by atoms with Crippen LogP contribution in [0.2, 0.25) is 0 Å². The first-order valence-corrected chi connectivity index (χ1v) is 5.35. The molecule has 0 unspecified atom stereocenters. The highest BCUT2D eigenvalue weighted by Gasteiger charge is 2.21. The molecule has 0 radical (unpaired) electrons.